The first-order valence-corrected chi connectivity index (χ1v) is 14.6. The molecule has 2 aromatic carbocycles. The Labute approximate surface area is 240 Å². The van der Waals surface area contributed by atoms with E-state index in [1.807, 2.05) is 18.2 Å². The molecule has 1 fully saturated rings. The molecule has 4 N–H and O–H groups in total. The van der Waals surface area contributed by atoms with E-state index in [4.69, 9.17) is 27.9 Å². The van der Waals surface area contributed by atoms with E-state index in [0.717, 1.165) is 36.9 Å². The number of carbonyl (C=O) groups is 2. The highest BCUT2D eigenvalue weighted by atomic mass is 35.5. The van der Waals surface area contributed by atoms with Crippen LogP contribution in [0, 0.1) is 0 Å². The minimum absolute atomic E-state index is 0.000312. The molecular weight excluding hydrogens is 539 g/mol. The van der Waals surface area contributed by atoms with E-state index in [1.54, 1.807) is 12.1 Å². The quantitative estimate of drug-likeness (QED) is 0.206. The fourth-order valence-electron chi connectivity index (χ4n) is 5.27. The standard InChI is InChI=1S/C29H38Cl2N4O4/c30-22-8-6-20(24(31)18-22)10-13-32-15-12-27(38)35(23-4-2-1-3-5-23)17-16-33-14-11-21-7-9-25(36)28-29(21)39-19-26(37)34-28/h6-9,18,23,32-33,36H,1-5,10-17,19H2,(H,34,37). The number of ether oxygens (including phenoxy) is 1. The minimum Gasteiger partial charge on any atom is -0.506 e. The number of nitrogens with one attached hydrogen (secondary N) is 3. The van der Waals surface area contributed by atoms with Gasteiger partial charge < -0.3 is 30.7 Å². The number of nitrogens with zero attached hydrogens (tertiary/aromatic N) is 1. The Bertz CT molecular complexity index is 1140. The molecule has 1 aliphatic carbocycles. The van der Waals surface area contributed by atoms with Crippen LogP contribution in [-0.4, -0.2) is 67.2 Å². The van der Waals surface area contributed by atoms with Gasteiger partial charge in [0.25, 0.3) is 5.91 Å². The number of hydrogen-bond acceptors (Lipinski definition) is 6. The predicted molar refractivity (Wildman–Crippen MR) is 155 cm³/mol. The van der Waals surface area contributed by atoms with Gasteiger partial charge in [-0.2, -0.15) is 0 Å². The Morgan fingerprint density at radius 2 is 1.72 bits per heavy atom. The molecule has 0 aromatic heterocycles. The van der Waals surface area contributed by atoms with Crippen LogP contribution in [0.25, 0.3) is 0 Å². The van der Waals surface area contributed by atoms with E-state index in [-0.39, 0.29) is 24.2 Å². The zero-order valence-corrected chi connectivity index (χ0v) is 23.8. The first-order chi connectivity index (χ1) is 18.9. The minimum atomic E-state index is -0.276. The van der Waals surface area contributed by atoms with Crippen LogP contribution in [0.3, 0.4) is 0 Å². The summed E-state index contributed by atoms with van der Waals surface area (Å²) in [4.78, 5) is 26.9. The van der Waals surface area contributed by atoms with Crippen molar-refractivity contribution in [3.63, 3.8) is 0 Å². The van der Waals surface area contributed by atoms with Crippen molar-refractivity contribution >= 4 is 40.7 Å². The maximum absolute atomic E-state index is 13.2. The summed E-state index contributed by atoms with van der Waals surface area (Å²) < 4.78 is 5.57. The van der Waals surface area contributed by atoms with Crippen molar-refractivity contribution < 1.29 is 19.4 Å². The first-order valence-electron chi connectivity index (χ1n) is 13.8. The van der Waals surface area contributed by atoms with Gasteiger partial charge in [0.1, 0.15) is 11.4 Å². The zero-order valence-electron chi connectivity index (χ0n) is 22.2. The van der Waals surface area contributed by atoms with Gasteiger partial charge in [0.15, 0.2) is 12.4 Å². The SMILES string of the molecule is O=C1COc2c(CCNCCN(C(=O)CCNCCc3ccc(Cl)cc3Cl)C3CCCCC3)ccc(O)c2N1. The van der Waals surface area contributed by atoms with Crippen molar-refractivity contribution in [2.45, 2.75) is 57.4 Å². The highest BCUT2D eigenvalue weighted by molar-refractivity contribution is 6.35. The van der Waals surface area contributed by atoms with E-state index in [2.05, 4.69) is 20.9 Å². The van der Waals surface area contributed by atoms with Crippen LogP contribution in [0.5, 0.6) is 11.5 Å². The van der Waals surface area contributed by atoms with Gasteiger partial charge in [0, 0.05) is 42.1 Å². The van der Waals surface area contributed by atoms with Crippen LogP contribution >= 0.6 is 23.2 Å². The van der Waals surface area contributed by atoms with Gasteiger partial charge in [-0.05, 0) is 68.1 Å². The molecule has 0 unspecified atom stereocenters. The average molecular weight is 578 g/mol. The zero-order chi connectivity index (χ0) is 27.6. The smallest absolute Gasteiger partial charge is 0.262 e. The Morgan fingerprint density at radius 3 is 2.49 bits per heavy atom. The first kappa shape index (κ1) is 29.5. The van der Waals surface area contributed by atoms with Crippen LogP contribution in [0.4, 0.5) is 5.69 Å². The monoisotopic (exact) mass is 576 g/mol. The fourth-order valence-corrected chi connectivity index (χ4v) is 5.78. The van der Waals surface area contributed by atoms with E-state index >= 15 is 0 Å². The lowest BCUT2D eigenvalue weighted by Crippen LogP contribution is -2.45. The van der Waals surface area contributed by atoms with Crippen molar-refractivity contribution in [2.75, 3.05) is 44.6 Å². The van der Waals surface area contributed by atoms with Crippen molar-refractivity contribution in [2.24, 2.45) is 0 Å². The fraction of sp³-hybridized carbons (Fsp3) is 0.517. The number of phenolic OH excluding ortho intramolecular Hbond substituents is 1. The van der Waals surface area contributed by atoms with Crippen molar-refractivity contribution in [1.29, 1.82) is 0 Å². The number of phenols is 1. The summed E-state index contributed by atoms with van der Waals surface area (Å²) in [5.41, 5.74) is 2.29. The third-order valence-electron chi connectivity index (χ3n) is 7.37. The summed E-state index contributed by atoms with van der Waals surface area (Å²) in [6, 6.07) is 9.24. The third kappa shape index (κ3) is 8.48. The number of carbonyl (C=O) groups excluding carboxylic acids is 2. The molecule has 39 heavy (non-hydrogen) atoms. The predicted octanol–water partition coefficient (Wildman–Crippen LogP) is 4.55. The second-order valence-corrected chi connectivity index (χ2v) is 11.0. The lowest BCUT2D eigenvalue weighted by atomic mass is 9.94. The van der Waals surface area contributed by atoms with Crippen LogP contribution in [0.2, 0.25) is 10.0 Å². The summed E-state index contributed by atoms with van der Waals surface area (Å²) in [6.45, 7) is 3.37. The highest BCUT2D eigenvalue weighted by Crippen LogP contribution is 2.39. The molecule has 0 bridgehead atoms. The number of fused-ring (bicyclic) bond motifs is 1. The summed E-state index contributed by atoms with van der Waals surface area (Å²) in [5, 5.41) is 20.9. The number of rotatable bonds is 13. The molecule has 0 spiro atoms. The topological polar surface area (TPSA) is 103 Å². The molecule has 1 saturated carbocycles. The molecule has 10 heteroatoms. The van der Waals surface area contributed by atoms with Crippen LogP contribution in [0.1, 0.15) is 49.7 Å². The average Bonchev–Trinajstić information content (AvgIpc) is 2.93. The molecule has 212 valence electrons. The van der Waals surface area contributed by atoms with Crippen molar-refractivity contribution in [1.82, 2.24) is 15.5 Å². The number of anilines is 1. The van der Waals surface area contributed by atoms with Crippen molar-refractivity contribution in [3.8, 4) is 11.5 Å². The Morgan fingerprint density at radius 1 is 1.00 bits per heavy atom. The van der Waals surface area contributed by atoms with Gasteiger partial charge in [-0.15, -0.1) is 0 Å². The van der Waals surface area contributed by atoms with Gasteiger partial charge >= 0.3 is 0 Å². The number of halogens is 2. The molecular formula is C29H38Cl2N4O4. The maximum Gasteiger partial charge on any atom is 0.262 e. The Kier molecular flexibility index (Phi) is 11.1. The normalized spacial score (nSPS) is 15.4. The second kappa shape index (κ2) is 14.7. The van der Waals surface area contributed by atoms with E-state index < -0.39 is 0 Å². The third-order valence-corrected chi connectivity index (χ3v) is 7.95. The van der Waals surface area contributed by atoms with Crippen LogP contribution in [0.15, 0.2) is 30.3 Å². The summed E-state index contributed by atoms with van der Waals surface area (Å²) in [7, 11) is 0. The molecule has 2 amide bonds. The van der Waals surface area contributed by atoms with E-state index in [1.165, 1.54) is 19.3 Å². The molecule has 4 rings (SSSR count). The summed E-state index contributed by atoms with van der Waals surface area (Å²) in [6.07, 6.45) is 7.64. The molecule has 2 aromatic rings. The van der Waals surface area contributed by atoms with Gasteiger partial charge in [-0.25, -0.2) is 0 Å². The van der Waals surface area contributed by atoms with Gasteiger partial charge in [0.2, 0.25) is 5.91 Å². The lowest BCUT2D eigenvalue weighted by molar-refractivity contribution is -0.134. The van der Waals surface area contributed by atoms with E-state index in [0.29, 0.717) is 66.5 Å². The Hall–Kier alpha value is -2.52. The highest BCUT2D eigenvalue weighted by Gasteiger charge is 2.25. The molecule has 2 aliphatic rings. The number of aromatic hydroxyl groups is 1. The number of hydrogen-bond donors (Lipinski definition) is 4. The summed E-state index contributed by atoms with van der Waals surface area (Å²) in [5.74, 6) is 0.445. The van der Waals surface area contributed by atoms with Crippen LogP contribution < -0.4 is 20.7 Å². The largest absolute Gasteiger partial charge is 0.506 e. The number of amides is 2. The lowest BCUT2D eigenvalue weighted by Gasteiger charge is -2.34. The van der Waals surface area contributed by atoms with Gasteiger partial charge in [-0.3, -0.25) is 9.59 Å². The second-order valence-electron chi connectivity index (χ2n) is 10.1. The van der Waals surface area contributed by atoms with Crippen molar-refractivity contribution in [3.05, 3.63) is 51.5 Å². The van der Waals surface area contributed by atoms with Crippen LogP contribution in [-0.2, 0) is 22.4 Å². The molecule has 1 heterocycles. The molecule has 0 radical (unpaired) electrons. The molecule has 0 saturated heterocycles. The van der Waals surface area contributed by atoms with Gasteiger partial charge in [-0.1, -0.05) is 54.6 Å². The van der Waals surface area contributed by atoms with E-state index in [9.17, 15) is 14.7 Å². The molecule has 0 atom stereocenters. The van der Waals surface area contributed by atoms with Gasteiger partial charge in [0.05, 0.1) is 0 Å². The molecule has 8 nitrogen and oxygen atoms in total. The Balaban J connectivity index is 1.21. The maximum atomic E-state index is 13.2. The molecule has 1 aliphatic heterocycles. The summed E-state index contributed by atoms with van der Waals surface area (Å²) >= 11 is 12.2. The number of benzene rings is 2.